The zero-order valence-electron chi connectivity index (χ0n) is 9.67. The van der Waals surface area contributed by atoms with E-state index in [1.54, 1.807) is 11.8 Å². The summed E-state index contributed by atoms with van der Waals surface area (Å²) in [6, 6.07) is 9.75. The van der Waals surface area contributed by atoms with Gasteiger partial charge in [0.05, 0.1) is 0 Å². The minimum atomic E-state index is -0.257. The van der Waals surface area contributed by atoms with Gasteiger partial charge >= 0.3 is 0 Å². The van der Waals surface area contributed by atoms with Crippen molar-refractivity contribution < 1.29 is 9.53 Å². The van der Waals surface area contributed by atoms with Crippen LogP contribution >= 0.6 is 11.8 Å². The molecule has 1 fully saturated rings. The monoisotopic (exact) mass is 251 g/mol. The third-order valence-corrected chi connectivity index (χ3v) is 4.49. The lowest BCUT2D eigenvalue weighted by Gasteiger charge is -2.25. The molecule has 1 aromatic rings. The molecule has 1 atom stereocenters. The molecule has 1 saturated heterocycles. The van der Waals surface area contributed by atoms with Gasteiger partial charge in [-0.1, -0.05) is 30.3 Å². The Morgan fingerprint density at radius 3 is 2.53 bits per heavy atom. The molecule has 2 rings (SSSR count). The number of nitrogens with two attached hydrogens (primary N) is 1. The van der Waals surface area contributed by atoms with Gasteiger partial charge in [0.25, 0.3) is 0 Å². The van der Waals surface area contributed by atoms with E-state index in [9.17, 15) is 4.79 Å². The van der Waals surface area contributed by atoms with Gasteiger partial charge in [0.2, 0.25) is 5.91 Å². The van der Waals surface area contributed by atoms with Crippen molar-refractivity contribution in [3.8, 4) is 0 Å². The summed E-state index contributed by atoms with van der Waals surface area (Å²) >= 11 is 1.67. The van der Waals surface area contributed by atoms with Crippen LogP contribution in [0.1, 0.15) is 23.7 Å². The lowest BCUT2D eigenvalue weighted by molar-refractivity contribution is -0.117. The number of rotatable bonds is 4. The minimum absolute atomic E-state index is 0.237. The smallest absolute Gasteiger partial charge is 0.235 e. The Morgan fingerprint density at radius 1 is 1.29 bits per heavy atom. The van der Waals surface area contributed by atoms with Gasteiger partial charge in [-0.05, 0) is 18.4 Å². The molecular weight excluding hydrogens is 234 g/mol. The highest BCUT2D eigenvalue weighted by Gasteiger charge is 2.24. The van der Waals surface area contributed by atoms with Crippen molar-refractivity contribution in [3.05, 3.63) is 35.9 Å². The fraction of sp³-hybridized carbons (Fsp3) is 0.462. The summed E-state index contributed by atoms with van der Waals surface area (Å²) in [4.78, 5) is 11.5. The SMILES string of the molecule is NC(=O)[C@H](SC1CCOCC1)c1ccccc1. The number of ether oxygens (including phenoxy) is 1. The number of hydrogen-bond donors (Lipinski definition) is 1. The molecule has 0 aromatic heterocycles. The van der Waals surface area contributed by atoms with Crippen LogP contribution in [0.15, 0.2) is 30.3 Å². The predicted molar refractivity (Wildman–Crippen MR) is 69.8 cm³/mol. The number of primary amides is 1. The predicted octanol–water partition coefficient (Wildman–Crippen LogP) is 2.13. The second kappa shape index (κ2) is 6.07. The van der Waals surface area contributed by atoms with Crippen LogP contribution in [0.25, 0.3) is 0 Å². The van der Waals surface area contributed by atoms with E-state index in [2.05, 4.69) is 0 Å². The number of carbonyl (C=O) groups excluding carboxylic acids is 1. The number of benzene rings is 1. The maximum atomic E-state index is 11.5. The molecule has 0 saturated carbocycles. The summed E-state index contributed by atoms with van der Waals surface area (Å²) in [5, 5.41) is 0.237. The molecule has 3 nitrogen and oxygen atoms in total. The van der Waals surface area contributed by atoms with Crippen LogP contribution in [0.3, 0.4) is 0 Å². The molecule has 17 heavy (non-hydrogen) atoms. The van der Waals surface area contributed by atoms with E-state index in [0.717, 1.165) is 31.6 Å². The Balaban J connectivity index is 2.05. The van der Waals surface area contributed by atoms with Crippen LogP contribution in [0.2, 0.25) is 0 Å². The summed E-state index contributed by atoms with van der Waals surface area (Å²) < 4.78 is 5.32. The first-order valence-electron chi connectivity index (χ1n) is 5.85. The van der Waals surface area contributed by atoms with Crippen molar-refractivity contribution in [2.24, 2.45) is 5.73 Å². The highest BCUT2D eigenvalue weighted by atomic mass is 32.2. The minimum Gasteiger partial charge on any atom is -0.381 e. The molecular formula is C13H17NO2S. The number of carbonyl (C=O) groups is 1. The zero-order valence-corrected chi connectivity index (χ0v) is 10.5. The molecule has 0 radical (unpaired) electrons. The maximum Gasteiger partial charge on any atom is 0.235 e. The van der Waals surface area contributed by atoms with Gasteiger partial charge in [-0.2, -0.15) is 0 Å². The van der Waals surface area contributed by atoms with Crippen LogP contribution in [0.4, 0.5) is 0 Å². The second-order valence-electron chi connectivity index (χ2n) is 4.14. The third kappa shape index (κ3) is 3.48. The first-order valence-corrected chi connectivity index (χ1v) is 6.79. The molecule has 4 heteroatoms. The molecule has 1 aromatic carbocycles. The standard InChI is InChI=1S/C13H17NO2S/c14-13(15)12(10-4-2-1-3-5-10)17-11-6-8-16-9-7-11/h1-5,11-12H,6-9H2,(H2,14,15)/t12-/m1/s1. The van der Waals surface area contributed by atoms with Crippen molar-refractivity contribution >= 4 is 17.7 Å². The molecule has 1 amide bonds. The quantitative estimate of drug-likeness (QED) is 0.892. The molecule has 0 spiro atoms. The van der Waals surface area contributed by atoms with E-state index in [0.29, 0.717) is 5.25 Å². The fourth-order valence-corrected chi connectivity index (χ4v) is 3.24. The van der Waals surface area contributed by atoms with Crippen LogP contribution in [0.5, 0.6) is 0 Å². The highest BCUT2D eigenvalue weighted by molar-refractivity contribution is 8.00. The highest BCUT2D eigenvalue weighted by Crippen LogP contribution is 2.35. The summed E-state index contributed by atoms with van der Waals surface area (Å²) in [5.41, 5.74) is 6.49. The molecule has 92 valence electrons. The van der Waals surface area contributed by atoms with E-state index < -0.39 is 0 Å². The van der Waals surface area contributed by atoms with Gasteiger partial charge in [0, 0.05) is 18.5 Å². The van der Waals surface area contributed by atoms with E-state index in [4.69, 9.17) is 10.5 Å². The van der Waals surface area contributed by atoms with Crippen molar-refractivity contribution in [3.63, 3.8) is 0 Å². The van der Waals surface area contributed by atoms with Crippen molar-refractivity contribution in [1.29, 1.82) is 0 Å². The van der Waals surface area contributed by atoms with Crippen molar-refractivity contribution in [1.82, 2.24) is 0 Å². The first-order chi connectivity index (χ1) is 8.27. The van der Waals surface area contributed by atoms with Gasteiger partial charge in [-0.15, -0.1) is 11.8 Å². The lowest BCUT2D eigenvalue weighted by atomic mass is 10.1. The Kier molecular flexibility index (Phi) is 4.45. The van der Waals surface area contributed by atoms with E-state index in [-0.39, 0.29) is 11.2 Å². The van der Waals surface area contributed by atoms with E-state index >= 15 is 0 Å². The van der Waals surface area contributed by atoms with Crippen LogP contribution in [-0.4, -0.2) is 24.4 Å². The van der Waals surface area contributed by atoms with Crippen LogP contribution in [-0.2, 0) is 9.53 Å². The number of thioether (sulfide) groups is 1. The van der Waals surface area contributed by atoms with Gasteiger partial charge in [-0.3, -0.25) is 4.79 Å². The summed E-state index contributed by atoms with van der Waals surface area (Å²) in [5.74, 6) is -0.257. The topological polar surface area (TPSA) is 52.3 Å². The number of amides is 1. The Bertz CT molecular complexity index is 363. The average molecular weight is 251 g/mol. The molecule has 1 aliphatic heterocycles. The molecule has 0 unspecified atom stereocenters. The fourth-order valence-electron chi connectivity index (χ4n) is 1.94. The molecule has 0 aliphatic carbocycles. The van der Waals surface area contributed by atoms with Crippen molar-refractivity contribution in [2.45, 2.75) is 23.3 Å². The van der Waals surface area contributed by atoms with Gasteiger partial charge in [-0.25, -0.2) is 0 Å². The van der Waals surface area contributed by atoms with Crippen LogP contribution < -0.4 is 5.73 Å². The second-order valence-corrected chi connectivity index (χ2v) is 5.55. The lowest BCUT2D eigenvalue weighted by Crippen LogP contribution is -2.24. The zero-order chi connectivity index (χ0) is 12.1. The Hall–Kier alpha value is -1.00. The maximum absolute atomic E-state index is 11.5. The van der Waals surface area contributed by atoms with Crippen molar-refractivity contribution in [2.75, 3.05) is 13.2 Å². The third-order valence-electron chi connectivity index (χ3n) is 2.86. The Morgan fingerprint density at radius 2 is 1.94 bits per heavy atom. The summed E-state index contributed by atoms with van der Waals surface area (Å²) in [6.45, 7) is 1.58. The Labute approximate surface area is 106 Å². The molecule has 1 aliphatic rings. The molecule has 1 heterocycles. The van der Waals surface area contributed by atoms with Gasteiger partial charge in [0.1, 0.15) is 5.25 Å². The molecule has 0 bridgehead atoms. The average Bonchev–Trinajstić information content (AvgIpc) is 2.38. The van der Waals surface area contributed by atoms with Crippen LogP contribution in [0, 0.1) is 0 Å². The largest absolute Gasteiger partial charge is 0.381 e. The van der Waals surface area contributed by atoms with Gasteiger partial charge < -0.3 is 10.5 Å². The summed E-state index contributed by atoms with van der Waals surface area (Å²) in [6.07, 6.45) is 2.00. The normalized spacial score (nSPS) is 18.8. The number of hydrogen-bond acceptors (Lipinski definition) is 3. The molecule has 2 N–H and O–H groups in total. The van der Waals surface area contributed by atoms with E-state index in [1.807, 2.05) is 30.3 Å². The van der Waals surface area contributed by atoms with Gasteiger partial charge in [0.15, 0.2) is 0 Å². The first kappa shape index (κ1) is 12.5. The summed E-state index contributed by atoms with van der Waals surface area (Å²) in [7, 11) is 0. The van der Waals surface area contributed by atoms with E-state index in [1.165, 1.54) is 0 Å².